The molecule has 0 unspecified atom stereocenters. The third-order valence-electron chi connectivity index (χ3n) is 5.76. The SMILES string of the molecule is C=C(OC(C)C)/C(O)=C\B(C)c1bcc(CNCCc2ccc3c(c2C)COC3=O)cc1.CC.CC.CC. The van der Waals surface area contributed by atoms with Gasteiger partial charge in [-0.25, -0.2) is 0 Å². The summed E-state index contributed by atoms with van der Waals surface area (Å²) in [6, 6.07) is 8.09. The van der Waals surface area contributed by atoms with Gasteiger partial charge in [0.1, 0.15) is 0 Å². The van der Waals surface area contributed by atoms with Gasteiger partial charge in [-0.3, -0.25) is 0 Å². The Labute approximate surface area is 233 Å². The minimum atomic E-state index is -0.218. The number of hydrogen-bond acceptors (Lipinski definition) is 5. The molecule has 2 aromatic rings. The molecule has 0 atom stereocenters. The number of nitrogens with one attached hydrogen (secondary N) is 1. The quantitative estimate of drug-likeness (QED) is 0.120. The number of hydrogen-bond donors (Lipinski definition) is 2. The number of carbonyl (C=O) groups excluding carboxylic acids is 1. The molecule has 208 valence electrons. The largest absolute Gasteiger partial charge is 0.0683 e. The molecule has 0 saturated heterocycles. The summed E-state index contributed by atoms with van der Waals surface area (Å²) in [6.45, 7) is 27.8. The summed E-state index contributed by atoms with van der Waals surface area (Å²) in [5.41, 5.74) is 5.33. The number of carbonyl (C=O) groups is 1. The zero-order valence-corrected chi connectivity index (χ0v) is 25.4. The van der Waals surface area contributed by atoms with Crippen molar-refractivity contribution < 1.29 is 19.4 Å². The molecule has 38 heavy (non-hydrogen) atoms. The molecule has 0 radical (unpaired) electrons. The zero-order valence-electron chi connectivity index (χ0n) is 25.4. The van der Waals surface area contributed by atoms with Gasteiger partial charge in [0.25, 0.3) is 0 Å². The Balaban J connectivity index is 0.00000213. The fourth-order valence-corrected chi connectivity index (χ4v) is 3.83. The van der Waals surface area contributed by atoms with Crippen molar-refractivity contribution in [3.8, 4) is 0 Å². The van der Waals surface area contributed by atoms with Crippen LogP contribution in [0.4, 0.5) is 0 Å². The molecule has 0 amide bonds. The molecular weight excluding hydrogens is 472 g/mol. The van der Waals surface area contributed by atoms with Gasteiger partial charge >= 0.3 is 192 Å². The van der Waals surface area contributed by atoms with Gasteiger partial charge in [-0.1, -0.05) is 41.5 Å². The molecule has 0 saturated carbocycles. The maximum absolute atomic E-state index is 11.7. The molecule has 3 rings (SSSR count). The molecule has 2 heterocycles. The van der Waals surface area contributed by atoms with Gasteiger partial charge in [0, 0.05) is 0 Å². The first-order valence-electron chi connectivity index (χ1n) is 14.1. The normalized spacial score (nSPS) is 11.4. The van der Waals surface area contributed by atoms with Crippen LogP contribution in [0.2, 0.25) is 6.82 Å². The summed E-state index contributed by atoms with van der Waals surface area (Å²) < 4.78 is 10.6. The van der Waals surface area contributed by atoms with Crippen molar-refractivity contribution in [1.29, 1.82) is 0 Å². The topological polar surface area (TPSA) is 67.8 Å². The van der Waals surface area contributed by atoms with Crippen molar-refractivity contribution in [2.45, 2.75) is 94.8 Å². The molecule has 2 N–H and O–H groups in total. The van der Waals surface area contributed by atoms with Crippen molar-refractivity contribution >= 4 is 25.0 Å². The van der Waals surface area contributed by atoms with Crippen molar-refractivity contribution in [2.24, 2.45) is 0 Å². The molecule has 1 aromatic carbocycles. The van der Waals surface area contributed by atoms with E-state index < -0.39 is 0 Å². The zero-order chi connectivity index (χ0) is 29.3. The maximum Gasteiger partial charge on any atom is -0.0683 e. The second-order valence-corrected chi connectivity index (χ2v) is 8.55. The van der Waals surface area contributed by atoms with Crippen LogP contribution in [0.5, 0.6) is 0 Å². The second kappa shape index (κ2) is 19.3. The van der Waals surface area contributed by atoms with Gasteiger partial charge in [-0.05, 0) is 0 Å². The predicted octanol–water partition coefficient (Wildman–Crippen LogP) is 6.67. The van der Waals surface area contributed by atoms with Crippen molar-refractivity contribution in [1.82, 2.24) is 5.32 Å². The molecule has 0 bridgehead atoms. The van der Waals surface area contributed by atoms with Crippen LogP contribution in [0.15, 0.2) is 54.3 Å². The van der Waals surface area contributed by atoms with Crippen LogP contribution in [0.1, 0.15) is 88.0 Å². The summed E-state index contributed by atoms with van der Waals surface area (Å²) in [5, 5.41) is 14.8. The van der Waals surface area contributed by atoms with Crippen LogP contribution in [-0.4, -0.2) is 37.3 Å². The Hall–Kier alpha value is -2.79. The van der Waals surface area contributed by atoms with E-state index in [1.54, 1.807) is 5.98 Å². The third kappa shape index (κ3) is 10.9. The Morgan fingerprint density at radius 1 is 1.18 bits per heavy atom. The van der Waals surface area contributed by atoms with Gasteiger partial charge in [-0.2, -0.15) is 0 Å². The van der Waals surface area contributed by atoms with E-state index in [0.717, 1.165) is 36.0 Å². The summed E-state index contributed by atoms with van der Waals surface area (Å²) in [5.74, 6) is 4.02. The minimum absolute atomic E-state index is 0.0232. The van der Waals surface area contributed by atoms with Crippen LogP contribution in [0, 0.1) is 6.92 Å². The molecule has 0 fully saturated rings. The first kappa shape index (κ1) is 35.2. The molecule has 5 nitrogen and oxygen atoms in total. The van der Waals surface area contributed by atoms with Crippen LogP contribution in [0.25, 0.3) is 0 Å². The van der Waals surface area contributed by atoms with Gasteiger partial charge < -0.3 is 0 Å². The minimum Gasteiger partial charge on any atom is -0.0683 e. The third-order valence-corrected chi connectivity index (χ3v) is 5.76. The molecule has 1 aliphatic heterocycles. The van der Waals surface area contributed by atoms with E-state index in [1.807, 2.05) is 74.3 Å². The number of fused-ring (bicyclic) bond motifs is 1. The number of rotatable bonds is 10. The Morgan fingerprint density at radius 3 is 2.42 bits per heavy atom. The number of ether oxygens (including phenoxy) is 2. The van der Waals surface area contributed by atoms with E-state index in [2.05, 4.69) is 43.8 Å². The molecule has 0 aliphatic carbocycles. The summed E-state index contributed by atoms with van der Waals surface area (Å²) >= 11 is 0. The fraction of sp³-hybridized carbons (Fsp3) is 0.484. The van der Waals surface area contributed by atoms with E-state index in [-0.39, 0.29) is 24.5 Å². The van der Waals surface area contributed by atoms with E-state index in [1.165, 1.54) is 11.1 Å². The van der Waals surface area contributed by atoms with Gasteiger partial charge in [0.15, 0.2) is 0 Å². The smallest absolute Gasteiger partial charge is 0.0683 e. The molecule has 7 heteroatoms. The number of cyclic esters (lactones) is 1. The maximum atomic E-state index is 11.7. The van der Waals surface area contributed by atoms with E-state index in [9.17, 15) is 9.90 Å². The number of esters is 1. The van der Waals surface area contributed by atoms with Crippen LogP contribution in [0.3, 0.4) is 0 Å². The van der Waals surface area contributed by atoms with Crippen LogP contribution >= 0.6 is 0 Å². The van der Waals surface area contributed by atoms with Gasteiger partial charge in [0.2, 0.25) is 0 Å². The summed E-state index contributed by atoms with van der Waals surface area (Å²) in [6.07, 6.45) is 0.874. The van der Waals surface area contributed by atoms with Crippen LogP contribution in [-0.2, 0) is 29.0 Å². The summed E-state index contributed by atoms with van der Waals surface area (Å²) in [4.78, 5) is 11.7. The van der Waals surface area contributed by atoms with Gasteiger partial charge in [0.05, 0.1) is 0 Å². The predicted molar refractivity (Wildman–Crippen MR) is 165 cm³/mol. The van der Waals surface area contributed by atoms with Crippen molar-refractivity contribution in [2.75, 3.05) is 6.54 Å². The molecular formula is C31H49B2NO4. The fourth-order valence-electron chi connectivity index (χ4n) is 3.83. The molecule has 1 aliphatic rings. The van der Waals surface area contributed by atoms with E-state index >= 15 is 0 Å². The van der Waals surface area contributed by atoms with Crippen LogP contribution < -0.4 is 10.7 Å². The average molecular weight is 521 g/mol. The number of aliphatic hydroxyl groups is 1. The monoisotopic (exact) mass is 521 g/mol. The molecule has 0 spiro atoms. The number of aliphatic hydroxyl groups excluding tert-OH is 1. The second-order valence-electron chi connectivity index (χ2n) is 8.55. The standard InChI is InChI=1S/C25H31B2NO4.3C2H6/c1-16(2)32-18(4)23(29)13-27(5)24-9-6-19(12-26-24)14-28-11-10-20-7-8-21-22(17(20)3)15-31-25(21)30;3*1-2/h6-9,12-13,16,28-29H,4,10-11,14-15H2,1-3,5H3;3*1-2H3/b23-13+;;;. The van der Waals surface area contributed by atoms with Crippen molar-refractivity contribution in [3.63, 3.8) is 0 Å². The Morgan fingerprint density at radius 2 is 1.84 bits per heavy atom. The average Bonchev–Trinajstić information content (AvgIpc) is 3.32. The van der Waals surface area contributed by atoms with E-state index in [0.29, 0.717) is 17.9 Å². The Bertz CT molecular complexity index is 1020. The molecule has 1 aromatic heterocycles. The first-order valence-corrected chi connectivity index (χ1v) is 14.1. The Kier molecular flexibility index (Phi) is 17.9. The van der Waals surface area contributed by atoms with Crippen molar-refractivity contribution in [3.05, 3.63) is 82.1 Å². The van der Waals surface area contributed by atoms with E-state index in [4.69, 9.17) is 9.47 Å². The number of benzene rings is 1. The van der Waals surface area contributed by atoms with Gasteiger partial charge in [-0.15, -0.1) is 0 Å². The first-order chi connectivity index (χ1) is 18.3. The summed E-state index contributed by atoms with van der Waals surface area (Å²) in [7, 11) is 0.